The predicted molar refractivity (Wildman–Crippen MR) is 69.1 cm³/mol. The molecule has 3 rings (SSSR count). The second-order valence-electron chi connectivity index (χ2n) is 3.89. The van der Waals surface area contributed by atoms with Crippen molar-refractivity contribution in [2.45, 2.75) is 0 Å². The molecule has 0 atom stereocenters. The highest BCUT2D eigenvalue weighted by atomic mass is 32.1. The molecule has 0 aliphatic carbocycles. The van der Waals surface area contributed by atoms with Gasteiger partial charge in [0.1, 0.15) is 0 Å². The molecule has 1 amide bonds. The first kappa shape index (κ1) is 11.2. The zero-order valence-electron chi connectivity index (χ0n) is 9.57. The number of carbonyl (C=O) groups is 1. The highest BCUT2D eigenvalue weighted by Gasteiger charge is 2.20. The van der Waals surface area contributed by atoms with Gasteiger partial charge in [-0.15, -0.1) is 11.3 Å². The summed E-state index contributed by atoms with van der Waals surface area (Å²) in [5, 5.41) is 5.80. The van der Waals surface area contributed by atoms with E-state index in [9.17, 15) is 4.79 Å². The molecule has 0 saturated heterocycles. The van der Waals surface area contributed by atoms with Crippen molar-refractivity contribution in [3.63, 3.8) is 0 Å². The third-order valence-corrected chi connectivity index (χ3v) is 3.60. The second-order valence-corrected chi connectivity index (χ2v) is 4.84. The Hall–Kier alpha value is -1.95. The van der Waals surface area contributed by atoms with Crippen LogP contribution in [0.15, 0.2) is 33.1 Å². The van der Waals surface area contributed by atoms with Gasteiger partial charge in [0.15, 0.2) is 11.5 Å². The first-order chi connectivity index (χ1) is 8.84. The fraction of sp³-hybridized carbons (Fsp3) is 0.250. The molecule has 5 nitrogen and oxygen atoms in total. The van der Waals surface area contributed by atoms with Crippen LogP contribution in [-0.2, 0) is 0 Å². The van der Waals surface area contributed by atoms with E-state index in [2.05, 4.69) is 10.1 Å². The molecule has 0 unspecified atom stereocenters. The summed E-state index contributed by atoms with van der Waals surface area (Å²) in [5.74, 6) is 0.534. The van der Waals surface area contributed by atoms with Crippen LogP contribution in [0.4, 0.5) is 0 Å². The molecule has 0 aromatic carbocycles. The average Bonchev–Trinajstić information content (AvgIpc) is 3.09. The number of rotatable bonds is 2. The molecular weight excluding hydrogens is 250 g/mol. The second kappa shape index (κ2) is 4.73. The lowest BCUT2D eigenvalue weighted by Crippen LogP contribution is -2.37. The van der Waals surface area contributed by atoms with Gasteiger partial charge in [-0.3, -0.25) is 9.79 Å². The summed E-state index contributed by atoms with van der Waals surface area (Å²) >= 11 is 1.56. The van der Waals surface area contributed by atoms with E-state index >= 15 is 0 Å². The molecule has 3 heterocycles. The van der Waals surface area contributed by atoms with Crippen LogP contribution in [-0.4, -0.2) is 41.8 Å². The van der Waals surface area contributed by atoms with E-state index in [1.54, 1.807) is 28.5 Å². The van der Waals surface area contributed by atoms with E-state index in [1.165, 1.54) is 0 Å². The Bertz CT molecular complexity index is 574. The van der Waals surface area contributed by atoms with E-state index in [1.807, 2.05) is 17.5 Å². The topological polar surface area (TPSA) is 58.7 Å². The van der Waals surface area contributed by atoms with Gasteiger partial charge < -0.3 is 9.42 Å². The lowest BCUT2D eigenvalue weighted by molar-refractivity contribution is 0.0770. The zero-order valence-corrected chi connectivity index (χ0v) is 10.4. The minimum Gasteiger partial charge on any atom is -0.355 e. The van der Waals surface area contributed by atoms with E-state index in [4.69, 9.17) is 4.52 Å². The largest absolute Gasteiger partial charge is 0.355 e. The maximum atomic E-state index is 12.1. The van der Waals surface area contributed by atoms with E-state index in [0.29, 0.717) is 31.1 Å². The molecule has 0 radical (unpaired) electrons. The van der Waals surface area contributed by atoms with Crippen LogP contribution in [0.5, 0.6) is 0 Å². The molecule has 6 heteroatoms. The van der Waals surface area contributed by atoms with Crippen LogP contribution >= 0.6 is 11.3 Å². The maximum Gasteiger partial charge on any atom is 0.276 e. The Morgan fingerprint density at radius 3 is 3.17 bits per heavy atom. The van der Waals surface area contributed by atoms with Crippen molar-refractivity contribution in [1.29, 1.82) is 0 Å². The minimum absolute atomic E-state index is 0.104. The van der Waals surface area contributed by atoms with Crippen LogP contribution in [0.1, 0.15) is 10.5 Å². The molecule has 1 aliphatic rings. The van der Waals surface area contributed by atoms with E-state index in [-0.39, 0.29) is 5.91 Å². The SMILES string of the molecule is O=C(c1cc(-c2cccs2)on1)N1CC=NCC1. The Labute approximate surface area is 108 Å². The van der Waals surface area contributed by atoms with Crippen molar-refractivity contribution >= 4 is 23.5 Å². The molecule has 0 fully saturated rings. The van der Waals surface area contributed by atoms with Gasteiger partial charge in [-0.2, -0.15) is 0 Å². The lowest BCUT2D eigenvalue weighted by atomic mass is 10.3. The van der Waals surface area contributed by atoms with Gasteiger partial charge in [-0.05, 0) is 11.4 Å². The molecule has 0 spiro atoms. The first-order valence-electron chi connectivity index (χ1n) is 5.63. The molecule has 0 N–H and O–H groups in total. The predicted octanol–water partition coefficient (Wildman–Crippen LogP) is 1.93. The molecule has 1 aliphatic heterocycles. The highest BCUT2D eigenvalue weighted by molar-refractivity contribution is 7.13. The Kier molecular flexibility index (Phi) is 2.93. The average molecular weight is 261 g/mol. The first-order valence-corrected chi connectivity index (χ1v) is 6.51. The van der Waals surface area contributed by atoms with Crippen molar-refractivity contribution in [3.8, 4) is 10.6 Å². The fourth-order valence-corrected chi connectivity index (χ4v) is 2.45. The number of hydrogen-bond donors (Lipinski definition) is 0. The van der Waals surface area contributed by atoms with Crippen molar-refractivity contribution in [2.24, 2.45) is 4.99 Å². The number of aliphatic imine (C=N–C) groups is 1. The van der Waals surface area contributed by atoms with Crippen LogP contribution < -0.4 is 0 Å². The van der Waals surface area contributed by atoms with Gasteiger partial charge in [-0.25, -0.2) is 0 Å². The molecule has 0 bridgehead atoms. The minimum atomic E-state index is -0.104. The molecular formula is C12H11N3O2S. The number of hydrogen-bond acceptors (Lipinski definition) is 5. The van der Waals surface area contributed by atoms with Crippen LogP contribution in [0.3, 0.4) is 0 Å². The van der Waals surface area contributed by atoms with Gasteiger partial charge in [-0.1, -0.05) is 11.2 Å². The summed E-state index contributed by atoms with van der Waals surface area (Å²) in [7, 11) is 0. The number of amides is 1. The summed E-state index contributed by atoms with van der Waals surface area (Å²) in [4.78, 5) is 18.9. The Morgan fingerprint density at radius 1 is 1.50 bits per heavy atom. The van der Waals surface area contributed by atoms with Crippen molar-refractivity contribution in [2.75, 3.05) is 19.6 Å². The third-order valence-electron chi connectivity index (χ3n) is 2.71. The van der Waals surface area contributed by atoms with Crippen molar-refractivity contribution < 1.29 is 9.32 Å². The van der Waals surface area contributed by atoms with E-state index < -0.39 is 0 Å². The van der Waals surface area contributed by atoms with Crippen molar-refractivity contribution in [3.05, 3.63) is 29.3 Å². The molecule has 0 saturated carbocycles. The Balaban J connectivity index is 1.80. The summed E-state index contributed by atoms with van der Waals surface area (Å²) in [6.45, 7) is 1.83. The van der Waals surface area contributed by atoms with Gasteiger partial charge in [0.25, 0.3) is 5.91 Å². The number of aromatic nitrogens is 1. The normalized spacial score (nSPS) is 15.0. The van der Waals surface area contributed by atoms with Crippen LogP contribution in [0.2, 0.25) is 0 Å². The fourth-order valence-electron chi connectivity index (χ4n) is 1.77. The van der Waals surface area contributed by atoms with Gasteiger partial charge in [0, 0.05) is 18.8 Å². The Morgan fingerprint density at radius 2 is 2.44 bits per heavy atom. The van der Waals surface area contributed by atoms with Crippen LogP contribution in [0.25, 0.3) is 10.6 Å². The van der Waals surface area contributed by atoms with Crippen molar-refractivity contribution in [1.82, 2.24) is 10.1 Å². The summed E-state index contributed by atoms with van der Waals surface area (Å²) in [6.07, 6.45) is 1.75. The quantitative estimate of drug-likeness (QED) is 0.830. The smallest absolute Gasteiger partial charge is 0.276 e. The van der Waals surface area contributed by atoms with Gasteiger partial charge in [0.05, 0.1) is 18.0 Å². The third kappa shape index (κ3) is 2.06. The van der Waals surface area contributed by atoms with Crippen LogP contribution in [0, 0.1) is 0 Å². The molecule has 2 aromatic rings. The maximum absolute atomic E-state index is 12.1. The monoisotopic (exact) mass is 261 g/mol. The molecule has 18 heavy (non-hydrogen) atoms. The lowest BCUT2D eigenvalue weighted by Gasteiger charge is -2.21. The molecule has 92 valence electrons. The summed E-state index contributed by atoms with van der Waals surface area (Å²) < 4.78 is 5.20. The zero-order chi connectivity index (χ0) is 12.4. The summed E-state index contributed by atoms with van der Waals surface area (Å²) in [6, 6.07) is 5.57. The number of carbonyl (C=O) groups excluding carboxylic acids is 1. The number of nitrogens with zero attached hydrogens (tertiary/aromatic N) is 3. The highest BCUT2D eigenvalue weighted by Crippen LogP contribution is 2.25. The standard InChI is InChI=1S/C12H11N3O2S/c16-12(15-5-3-13-4-6-15)9-8-10(17-14-9)11-2-1-7-18-11/h1-3,7-8H,4-6H2. The van der Waals surface area contributed by atoms with E-state index in [0.717, 1.165) is 4.88 Å². The summed E-state index contributed by atoms with van der Waals surface area (Å²) in [5.41, 5.74) is 0.355. The van der Waals surface area contributed by atoms with Gasteiger partial charge in [0.2, 0.25) is 0 Å². The number of thiophene rings is 1. The molecule has 2 aromatic heterocycles. The van der Waals surface area contributed by atoms with Gasteiger partial charge >= 0.3 is 0 Å².